The molecule has 0 atom stereocenters. The van der Waals surface area contributed by atoms with Gasteiger partial charge in [0, 0.05) is 30.6 Å². The molecule has 4 heterocycles. The Morgan fingerprint density at radius 3 is 2.56 bits per heavy atom. The number of hydrogen-bond acceptors (Lipinski definition) is 6. The number of pyridine rings is 1. The molecule has 0 bridgehead atoms. The topological polar surface area (TPSA) is 69.7 Å². The van der Waals surface area contributed by atoms with E-state index in [1.165, 1.54) is 38.8 Å². The van der Waals surface area contributed by atoms with Crippen molar-refractivity contribution in [2.24, 2.45) is 0 Å². The maximum absolute atomic E-state index is 12.6. The van der Waals surface area contributed by atoms with Gasteiger partial charge >= 0.3 is 0 Å². The highest BCUT2D eigenvalue weighted by Gasteiger charge is 2.26. The van der Waals surface area contributed by atoms with Crippen LogP contribution >= 0.6 is 12.4 Å². The number of amides is 1. The zero-order valence-corrected chi connectivity index (χ0v) is 20.8. The van der Waals surface area contributed by atoms with Gasteiger partial charge in [-0.2, -0.15) is 0 Å². The second-order valence-corrected chi connectivity index (χ2v) is 9.76. The predicted molar refractivity (Wildman–Crippen MR) is 139 cm³/mol. The van der Waals surface area contributed by atoms with E-state index < -0.39 is 0 Å². The number of benzene rings is 1. The molecule has 2 aromatic rings. The van der Waals surface area contributed by atoms with Crippen molar-refractivity contribution in [2.45, 2.75) is 57.1 Å². The lowest BCUT2D eigenvalue weighted by Gasteiger charge is -2.36. The Kier molecular flexibility index (Phi) is 9.00. The molecule has 1 aromatic heterocycles. The largest absolute Gasteiger partial charge is 0.490 e. The predicted octanol–water partition coefficient (Wildman–Crippen LogP) is 3.68. The van der Waals surface area contributed by atoms with Crippen molar-refractivity contribution in [1.82, 2.24) is 20.1 Å². The lowest BCUT2D eigenvalue weighted by atomic mass is 10.0. The van der Waals surface area contributed by atoms with Gasteiger partial charge in [0.15, 0.2) is 0 Å². The Morgan fingerprint density at radius 2 is 1.79 bits per heavy atom. The molecule has 0 saturated carbocycles. The van der Waals surface area contributed by atoms with Crippen molar-refractivity contribution in [3.8, 4) is 5.75 Å². The third-order valence-electron chi connectivity index (χ3n) is 7.42. The fourth-order valence-corrected chi connectivity index (χ4v) is 5.45. The molecule has 0 unspecified atom stereocenters. The lowest BCUT2D eigenvalue weighted by molar-refractivity contribution is -0.116. The highest BCUT2D eigenvalue weighted by molar-refractivity contribution is 5.93. The SMILES string of the molecule is Cl.O=C(CCN1CCC(N2CCCC2)CC1)Nc1cc2cc(OC3CCNCC3)ccc2cn1. The summed E-state index contributed by atoms with van der Waals surface area (Å²) in [6.07, 6.45) is 9.84. The number of aromatic nitrogens is 1. The number of rotatable bonds is 7. The van der Waals surface area contributed by atoms with E-state index in [-0.39, 0.29) is 24.4 Å². The Labute approximate surface area is 209 Å². The quantitative estimate of drug-likeness (QED) is 0.621. The van der Waals surface area contributed by atoms with Crippen molar-refractivity contribution in [2.75, 3.05) is 51.1 Å². The van der Waals surface area contributed by atoms with Gasteiger partial charge in [-0.25, -0.2) is 4.98 Å². The van der Waals surface area contributed by atoms with Crippen molar-refractivity contribution in [3.63, 3.8) is 0 Å². The van der Waals surface area contributed by atoms with Gasteiger partial charge in [0.05, 0.1) is 0 Å². The molecule has 3 saturated heterocycles. The number of nitrogens with one attached hydrogen (secondary N) is 2. The van der Waals surface area contributed by atoms with Gasteiger partial charge in [-0.15, -0.1) is 12.4 Å². The molecule has 1 aromatic carbocycles. The van der Waals surface area contributed by atoms with Crippen LogP contribution in [0.25, 0.3) is 10.8 Å². The molecule has 34 heavy (non-hydrogen) atoms. The number of halogens is 1. The summed E-state index contributed by atoms with van der Waals surface area (Å²) in [4.78, 5) is 22.1. The number of ether oxygens (including phenoxy) is 1. The number of fused-ring (bicyclic) bond motifs is 1. The molecule has 3 aliphatic heterocycles. The van der Waals surface area contributed by atoms with E-state index in [9.17, 15) is 4.79 Å². The normalized spacial score (nSPS) is 20.8. The molecular weight excluding hydrogens is 450 g/mol. The highest BCUT2D eigenvalue weighted by atomic mass is 35.5. The molecule has 7 nitrogen and oxygen atoms in total. The summed E-state index contributed by atoms with van der Waals surface area (Å²) >= 11 is 0. The van der Waals surface area contributed by atoms with Crippen LogP contribution in [0.15, 0.2) is 30.5 Å². The minimum Gasteiger partial charge on any atom is -0.490 e. The average Bonchev–Trinajstić information content (AvgIpc) is 3.39. The van der Waals surface area contributed by atoms with E-state index in [0.29, 0.717) is 12.2 Å². The summed E-state index contributed by atoms with van der Waals surface area (Å²) in [6.45, 7) is 7.59. The van der Waals surface area contributed by atoms with Gasteiger partial charge < -0.3 is 25.2 Å². The van der Waals surface area contributed by atoms with Crippen LogP contribution in [-0.2, 0) is 4.79 Å². The van der Waals surface area contributed by atoms with Crippen LogP contribution in [0, 0.1) is 0 Å². The molecule has 3 aliphatic rings. The van der Waals surface area contributed by atoms with Crippen LogP contribution in [0.1, 0.15) is 44.9 Å². The van der Waals surface area contributed by atoms with Gasteiger partial charge in [-0.05, 0) is 107 Å². The maximum atomic E-state index is 12.6. The maximum Gasteiger partial charge on any atom is 0.226 e. The van der Waals surface area contributed by atoms with E-state index in [1.807, 2.05) is 24.4 Å². The first-order chi connectivity index (χ1) is 16.2. The van der Waals surface area contributed by atoms with Gasteiger partial charge in [-0.3, -0.25) is 4.79 Å². The average molecular weight is 488 g/mol. The van der Waals surface area contributed by atoms with E-state index in [4.69, 9.17) is 4.74 Å². The molecule has 186 valence electrons. The van der Waals surface area contributed by atoms with Gasteiger partial charge in [0.25, 0.3) is 0 Å². The minimum atomic E-state index is 0. The second-order valence-electron chi connectivity index (χ2n) is 9.76. The molecule has 5 rings (SSSR count). The monoisotopic (exact) mass is 487 g/mol. The number of piperidine rings is 2. The minimum absolute atomic E-state index is 0. The number of nitrogens with zero attached hydrogens (tertiary/aromatic N) is 3. The van der Waals surface area contributed by atoms with Crippen molar-refractivity contribution in [1.29, 1.82) is 0 Å². The molecule has 0 spiro atoms. The zero-order valence-electron chi connectivity index (χ0n) is 20.0. The third kappa shape index (κ3) is 6.60. The molecule has 8 heteroatoms. The fraction of sp³-hybridized carbons (Fsp3) is 0.615. The number of anilines is 1. The van der Waals surface area contributed by atoms with E-state index >= 15 is 0 Å². The molecule has 2 N–H and O–H groups in total. The second kappa shape index (κ2) is 12.2. The summed E-state index contributed by atoms with van der Waals surface area (Å²) in [5, 5.41) is 8.45. The van der Waals surface area contributed by atoms with Crippen LogP contribution < -0.4 is 15.4 Å². The summed E-state index contributed by atoms with van der Waals surface area (Å²) in [5.41, 5.74) is 0. The zero-order chi connectivity index (χ0) is 22.5. The van der Waals surface area contributed by atoms with E-state index in [0.717, 1.165) is 68.1 Å². The fourth-order valence-electron chi connectivity index (χ4n) is 5.45. The summed E-state index contributed by atoms with van der Waals surface area (Å²) < 4.78 is 6.17. The molecule has 0 aliphatic carbocycles. The van der Waals surface area contributed by atoms with Crippen LogP contribution in [0.3, 0.4) is 0 Å². The van der Waals surface area contributed by atoms with Gasteiger partial charge in [0.1, 0.15) is 17.7 Å². The summed E-state index contributed by atoms with van der Waals surface area (Å²) in [7, 11) is 0. The first-order valence-corrected chi connectivity index (χ1v) is 12.8. The third-order valence-corrected chi connectivity index (χ3v) is 7.42. The van der Waals surface area contributed by atoms with Gasteiger partial charge in [-0.1, -0.05) is 0 Å². The molecular formula is C26H38ClN5O2. The lowest BCUT2D eigenvalue weighted by Crippen LogP contribution is -2.44. The standard InChI is InChI=1S/C26H37N5O2.ClH/c32-26(9-16-30-14-7-22(8-15-30)31-12-1-2-13-31)29-25-18-21-17-24(4-3-20(21)19-28-25)33-23-5-10-27-11-6-23;/h3-4,17-19,22-23,27H,1-2,5-16H2,(H,28,29,32);1H. The first kappa shape index (κ1) is 25.2. The summed E-state index contributed by atoms with van der Waals surface area (Å²) in [5.74, 6) is 1.53. The number of hydrogen-bond donors (Lipinski definition) is 2. The van der Waals surface area contributed by atoms with Gasteiger partial charge in [0.2, 0.25) is 5.91 Å². The molecule has 3 fully saturated rings. The Morgan fingerprint density at radius 1 is 1.03 bits per heavy atom. The molecule has 1 amide bonds. The Bertz CT molecular complexity index is 938. The van der Waals surface area contributed by atoms with Crippen LogP contribution in [0.2, 0.25) is 0 Å². The highest BCUT2D eigenvalue weighted by Crippen LogP contribution is 2.25. The first-order valence-electron chi connectivity index (χ1n) is 12.8. The smallest absolute Gasteiger partial charge is 0.226 e. The summed E-state index contributed by atoms with van der Waals surface area (Å²) in [6, 6.07) is 8.80. The van der Waals surface area contributed by atoms with E-state index in [2.05, 4.69) is 31.5 Å². The number of carbonyl (C=O) groups is 1. The molecule has 0 radical (unpaired) electrons. The Balaban J connectivity index is 0.00000274. The van der Waals surface area contributed by atoms with E-state index in [1.54, 1.807) is 0 Å². The number of likely N-dealkylation sites (tertiary alicyclic amines) is 2. The van der Waals surface area contributed by atoms with Crippen LogP contribution in [0.4, 0.5) is 5.82 Å². The van der Waals surface area contributed by atoms with Crippen molar-refractivity contribution in [3.05, 3.63) is 30.5 Å². The van der Waals surface area contributed by atoms with Crippen LogP contribution in [-0.4, -0.2) is 78.7 Å². The number of carbonyl (C=O) groups excluding carboxylic acids is 1. The van der Waals surface area contributed by atoms with Crippen molar-refractivity contribution < 1.29 is 9.53 Å². The Hall–Kier alpha value is -1.93. The van der Waals surface area contributed by atoms with Crippen LogP contribution in [0.5, 0.6) is 5.75 Å². The van der Waals surface area contributed by atoms with Crippen molar-refractivity contribution >= 4 is 34.9 Å².